The minimum absolute atomic E-state index is 0.173. The van der Waals surface area contributed by atoms with Crippen LogP contribution in [0.3, 0.4) is 0 Å². The van der Waals surface area contributed by atoms with E-state index in [-0.39, 0.29) is 6.09 Å². The Labute approximate surface area is 149 Å². The van der Waals surface area contributed by atoms with Gasteiger partial charge in [0.05, 0.1) is 18.3 Å². The molecular formula is C20H27N3O2. The number of ether oxygens (including phenoxy) is 1. The van der Waals surface area contributed by atoms with E-state index in [4.69, 9.17) is 9.84 Å². The standard InChI is InChI=1S/C20H27N3O2/c1-3-4-14-25-20(24)22-11-8-18(9-12-22)23-13-10-19(21-23)17-7-5-6-16(2)15-17/h5-7,10,13,15,18H,3-4,8-9,11-12,14H2,1-2H3. The minimum atomic E-state index is -0.173. The summed E-state index contributed by atoms with van der Waals surface area (Å²) in [5.74, 6) is 0. The Bertz CT molecular complexity index is 702. The molecule has 1 aliphatic heterocycles. The highest BCUT2D eigenvalue weighted by molar-refractivity contribution is 5.67. The summed E-state index contributed by atoms with van der Waals surface area (Å²) in [6.07, 6.45) is 5.68. The maximum absolute atomic E-state index is 12.0. The Morgan fingerprint density at radius 1 is 1.28 bits per heavy atom. The van der Waals surface area contributed by atoms with E-state index in [0.717, 1.165) is 50.0 Å². The first-order chi connectivity index (χ1) is 12.2. The van der Waals surface area contributed by atoms with Crippen molar-refractivity contribution in [1.82, 2.24) is 14.7 Å². The summed E-state index contributed by atoms with van der Waals surface area (Å²) >= 11 is 0. The third-order valence-electron chi connectivity index (χ3n) is 4.74. The zero-order valence-corrected chi connectivity index (χ0v) is 15.1. The molecule has 0 saturated carbocycles. The minimum Gasteiger partial charge on any atom is -0.449 e. The van der Waals surface area contributed by atoms with E-state index in [0.29, 0.717) is 12.6 Å². The van der Waals surface area contributed by atoms with Gasteiger partial charge in [0.1, 0.15) is 0 Å². The molecule has 0 radical (unpaired) electrons. The molecule has 5 nitrogen and oxygen atoms in total. The summed E-state index contributed by atoms with van der Waals surface area (Å²) in [4.78, 5) is 13.8. The van der Waals surface area contributed by atoms with Gasteiger partial charge in [-0.25, -0.2) is 4.79 Å². The van der Waals surface area contributed by atoms with E-state index in [2.05, 4.69) is 55.1 Å². The number of hydrogen-bond acceptors (Lipinski definition) is 3. The Morgan fingerprint density at radius 2 is 2.08 bits per heavy atom. The number of likely N-dealkylation sites (tertiary alicyclic amines) is 1. The van der Waals surface area contributed by atoms with Crippen molar-refractivity contribution >= 4 is 6.09 Å². The van der Waals surface area contributed by atoms with Gasteiger partial charge < -0.3 is 9.64 Å². The Balaban J connectivity index is 1.56. The summed E-state index contributed by atoms with van der Waals surface area (Å²) in [7, 11) is 0. The number of nitrogens with zero attached hydrogens (tertiary/aromatic N) is 3. The van der Waals surface area contributed by atoms with Gasteiger partial charge in [-0.05, 0) is 38.3 Å². The number of unbranched alkanes of at least 4 members (excludes halogenated alkanes) is 1. The number of aromatic nitrogens is 2. The van der Waals surface area contributed by atoms with Crippen molar-refractivity contribution in [3.8, 4) is 11.3 Å². The van der Waals surface area contributed by atoms with Crippen LogP contribution in [0.1, 0.15) is 44.2 Å². The van der Waals surface area contributed by atoms with Gasteiger partial charge in [-0.1, -0.05) is 37.1 Å². The lowest BCUT2D eigenvalue weighted by atomic mass is 10.1. The molecule has 1 saturated heterocycles. The van der Waals surface area contributed by atoms with Crippen LogP contribution in [0.5, 0.6) is 0 Å². The molecule has 2 heterocycles. The maximum atomic E-state index is 12.0. The molecule has 0 N–H and O–H groups in total. The Morgan fingerprint density at radius 3 is 2.80 bits per heavy atom. The van der Waals surface area contributed by atoms with E-state index in [1.54, 1.807) is 0 Å². The topological polar surface area (TPSA) is 47.4 Å². The van der Waals surface area contributed by atoms with Gasteiger partial charge in [0, 0.05) is 24.8 Å². The normalized spacial score (nSPS) is 15.4. The molecule has 5 heteroatoms. The van der Waals surface area contributed by atoms with Crippen LogP contribution in [0.4, 0.5) is 4.79 Å². The molecule has 1 aliphatic rings. The molecule has 25 heavy (non-hydrogen) atoms. The number of hydrogen-bond donors (Lipinski definition) is 0. The van der Waals surface area contributed by atoms with Gasteiger partial charge in [-0.15, -0.1) is 0 Å². The molecule has 2 aromatic rings. The van der Waals surface area contributed by atoms with Crippen molar-refractivity contribution in [2.45, 2.75) is 45.6 Å². The molecule has 1 fully saturated rings. The van der Waals surface area contributed by atoms with Gasteiger partial charge in [0.15, 0.2) is 0 Å². The number of piperidine rings is 1. The summed E-state index contributed by atoms with van der Waals surface area (Å²) in [5, 5.41) is 4.76. The molecular weight excluding hydrogens is 314 g/mol. The predicted octanol–water partition coefficient (Wildman–Crippen LogP) is 4.43. The van der Waals surface area contributed by atoms with E-state index in [9.17, 15) is 4.79 Å². The third kappa shape index (κ3) is 4.41. The van der Waals surface area contributed by atoms with E-state index >= 15 is 0 Å². The molecule has 0 bridgehead atoms. The van der Waals surface area contributed by atoms with Crippen LogP contribution in [-0.4, -0.2) is 40.5 Å². The van der Waals surface area contributed by atoms with Crippen LogP contribution in [-0.2, 0) is 4.74 Å². The van der Waals surface area contributed by atoms with Crippen LogP contribution < -0.4 is 0 Å². The maximum Gasteiger partial charge on any atom is 0.409 e. The van der Waals surface area contributed by atoms with Crippen LogP contribution in [0.15, 0.2) is 36.5 Å². The first-order valence-electron chi connectivity index (χ1n) is 9.21. The first kappa shape index (κ1) is 17.5. The third-order valence-corrected chi connectivity index (χ3v) is 4.74. The second-order valence-corrected chi connectivity index (χ2v) is 6.74. The highest BCUT2D eigenvalue weighted by Gasteiger charge is 2.25. The first-order valence-corrected chi connectivity index (χ1v) is 9.21. The van der Waals surface area contributed by atoms with Crippen molar-refractivity contribution in [3.05, 3.63) is 42.1 Å². The van der Waals surface area contributed by atoms with E-state index in [1.165, 1.54) is 5.56 Å². The molecule has 1 aromatic carbocycles. The largest absolute Gasteiger partial charge is 0.449 e. The van der Waals surface area contributed by atoms with Gasteiger partial charge in [-0.3, -0.25) is 4.68 Å². The van der Waals surface area contributed by atoms with E-state index in [1.807, 2.05) is 4.90 Å². The summed E-state index contributed by atoms with van der Waals surface area (Å²) in [6.45, 7) is 6.17. The number of rotatable bonds is 5. The molecule has 134 valence electrons. The molecule has 0 atom stereocenters. The second kappa shape index (κ2) is 8.19. The summed E-state index contributed by atoms with van der Waals surface area (Å²) in [6, 6.07) is 10.8. The van der Waals surface area contributed by atoms with Crippen molar-refractivity contribution in [1.29, 1.82) is 0 Å². The van der Waals surface area contributed by atoms with Crippen molar-refractivity contribution in [2.75, 3.05) is 19.7 Å². The lowest BCUT2D eigenvalue weighted by molar-refractivity contribution is 0.0865. The van der Waals surface area contributed by atoms with E-state index < -0.39 is 0 Å². The fraction of sp³-hybridized carbons (Fsp3) is 0.500. The lowest BCUT2D eigenvalue weighted by Crippen LogP contribution is -2.39. The Kier molecular flexibility index (Phi) is 5.74. The smallest absolute Gasteiger partial charge is 0.409 e. The quantitative estimate of drug-likeness (QED) is 0.756. The average Bonchev–Trinajstić information content (AvgIpc) is 3.12. The monoisotopic (exact) mass is 341 g/mol. The SMILES string of the molecule is CCCCOC(=O)N1CCC(n2ccc(-c3cccc(C)c3)n2)CC1. The van der Waals surface area contributed by atoms with Crippen LogP contribution >= 0.6 is 0 Å². The molecule has 1 amide bonds. The number of aryl methyl sites for hydroxylation is 1. The molecule has 0 spiro atoms. The fourth-order valence-corrected chi connectivity index (χ4v) is 3.21. The van der Waals surface area contributed by atoms with Crippen molar-refractivity contribution in [2.24, 2.45) is 0 Å². The number of carbonyl (C=O) groups is 1. The number of carbonyl (C=O) groups excluding carboxylic acids is 1. The zero-order chi connectivity index (χ0) is 17.6. The second-order valence-electron chi connectivity index (χ2n) is 6.74. The van der Waals surface area contributed by atoms with Crippen molar-refractivity contribution < 1.29 is 9.53 Å². The zero-order valence-electron chi connectivity index (χ0n) is 15.1. The summed E-state index contributed by atoms with van der Waals surface area (Å²) < 4.78 is 7.35. The summed E-state index contributed by atoms with van der Waals surface area (Å²) in [5.41, 5.74) is 3.39. The molecule has 0 unspecified atom stereocenters. The number of benzene rings is 1. The average molecular weight is 341 g/mol. The highest BCUT2D eigenvalue weighted by atomic mass is 16.6. The Hall–Kier alpha value is -2.30. The fourth-order valence-electron chi connectivity index (χ4n) is 3.21. The van der Waals surface area contributed by atoms with Crippen LogP contribution in [0, 0.1) is 6.92 Å². The van der Waals surface area contributed by atoms with Crippen LogP contribution in [0.25, 0.3) is 11.3 Å². The van der Waals surface area contributed by atoms with Gasteiger partial charge in [-0.2, -0.15) is 5.10 Å². The molecule has 0 aliphatic carbocycles. The molecule has 1 aromatic heterocycles. The van der Waals surface area contributed by atoms with Gasteiger partial charge in [0.25, 0.3) is 0 Å². The van der Waals surface area contributed by atoms with Crippen LogP contribution in [0.2, 0.25) is 0 Å². The van der Waals surface area contributed by atoms with Crippen molar-refractivity contribution in [3.63, 3.8) is 0 Å². The molecule has 3 rings (SSSR count). The lowest BCUT2D eigenvalue weighted by Gasteiger charge is -2.31. The number of amides is 1. The predicted molar refractivity (Wildman–Crippen MR) is 98.5 cm³/mol. The van der Waals surface area contributed by atoms with Gasteiger partial charge in [0.2, 0.25) is 0 Å². The van der Waals surface area contributed by atoms with Gasteiger partial charge >= 0.3 is 6.09 Å². The highest BCUT2D eigenvalue weighted by Crippen LogP contribution is 2.25.